The van der Waals surface area contributed by atoms with E-state index in [1.807, 2.05) is 80.6 Å². The molecule has 0 spiro atoms. The number of hydrogen-bond donors (Lipinski definition) is 5. The topological polar surface area (TPSA) is 211 Å². The Labute approximate surface area is 320 Å². The summed E-state index contributed by atoms with van der Waals surface area (Å²) in [4.78, 5) is 63.8. The molecule has 5 rings (SSSR count). The Morgan fingerprint density at radius 3 is 2.21 bits per heavy atom. The van der Waals surface area contributed by atoms with Crippen LogP contribution in [0.3, 0.4) is 0 Å². The molecule has 0 aliphatic carbocycles. The average Bonchev–Trinajstić information content (AvgIpc) is 3.84. The number of ether oxygens (including phenoxy) is 1. The molecule has 18 heteroatoms. The van der Waals surface area contributed by atoms with E-state index in [0.717, 1.165) is 27.6 Å². The number of methoxy groups -OCH3 is 1. The van der Waals surface area contributed by atoms with Crippen LogP contribution in [0.5, 0.6) is 5.75 Å². The van der Waals surface area contributed by atoms with E-state index in [1.165, 1.54) is 4.90 Å². The van der Waals surface area contributed by atoms with Crippen LogP contribution in [0.1, 0.15) is 38.8 Å². The number of nitrogens with one attached hydrogen (secondary N) is 3. The lowest BCUT2D eigenvalue weighted by Gasteiger charge is -2.31. The predicted molar refractivity (Wildman–Crippen MR) is 199 cm³/mol. The number of aromatic nitrogens is 3. The lowest BCUT2D eigenvalue weighted by atomic mass is 10.0. The van der Waals surface area contributed by atoms with Crippen LogP contribution in [0.2, 0.25) is 0 Å². The number of aliphatic carboxylic acids is 1. The highest BCUT2D eigenvalue weighted by atomic mass is 19.4. The van der Waals surface area contributed by atoms with E-state index in [2.05, 4.69) is 26.3 Å². The van der Waals surface area contributed by atoms with Crippen molar-refractivity contribution in [2.75, 3.05) is 20.7 Å². The second kappa shape index (κ2) is 18.5. The Bertz CT molecular complexity index is 2030. The molecule has 2 heterocycles. The third kappa shape index (κ3) is 10.8. The molecular weight excluding hydrogens is 737 g/mol. The number of likely N-dealkylation sites (tertiary alicyclic amines) is 1. The van der Waals surface area contributed by atoms with Crippen molar-refractivity contribution in [3.8, 4) is 17.0 Å². The largest absolute Gasteiger partial charge is 0.497 e. The van der Waals surface area contributed by atoms with Gasteiger partial charge in [-0.1, -0.05) is 67.6 Å². The van der Waals surface area contributed by atoms with Gasteiger partial charge >= 0.3 is 12.1 Å². The zero-order valence-electron chi connectivity index (χ0n) is 31.4. The summed E-state index contributed by atoms with van der Waals surface area (Å²) in [5.41, 5.74) is 8.04. The number of carbonyl (C=O) groups excluding carboxylic acids is 4. The Kier molecular flexibility index (Phi) is 14.1. The maximum Gasteiger partial charge on any atom is 0.490 e. The Morgan fingerprint density at radius 1 is 0.982 bits per heavy atom. The minimum atomic E-state index is -5.08. The molecule has 300 valence electrons. The molecular formula is C38H45F3N8O7. The summed E-state index contributed by atoms with van der Waals surface area (Å²) >= 11 is 0. The average molecular weight is 783 g/mol. The SMILES string of the molecule is CN[C@@H](C)C(=O)N[C@H](C(=O)N1C[C@H](n2cc(-c3ccc4cc(OC)ccc4c3)nn2)C[C@H]1C(=O)N[C@@H](Cc1ccccc1)C(N)=O)C(C)C.O=C(O)C(F)(F)F. The summed E-state index contributed by atoms with van der Waals surface area (Å²) in [7, 11) is 3.29. The number of nitrogens with two attached hydrogens (primary N) is 1. The summed E-state index contributed by atoms with van der Waals surface area (Å²) in [5, 5.41) is 26.5. The van der Waals surface area contributed by atoms with Crippen LogP contribution in [-0.2, 0) is 30.4 Å². The maximum absolute atomic E-state index is 14.2. The second-order valence-electron chi connectivity index (χ2n) is 13.6. The highest BCUT2D eigenvalue weighted by Gasteiger charge is 2.44. The van der Waals surface area contributed by atoms with Crippen LogP contribution in [-0.4, -0.2) is 106 Å². The van der Waals surface area contributed by atoms with Gasteiger partial charge in [0.25, 0.3) is 0 Å². The molecule has 0 bridgehead atoms. The smallest absolute Gasteiger partial charge is 0.490 e. The summed E-state index contributed by atoms with van der Waals surface area (Å²) in [6.45, 7) is 5.51. The second-order valence-corrected chi connectivity index (χ2v) is 13.6. The minimum absolute atomic E-state index is 0.137. The maximum atomic E-state index is 14.2. The third-order valence-corrected chi connectivity index (χ3v) is 9.33. The van der Waals surface area contributed by atoms with Gasteiger partial charge in [0.1, 0.15) is 29.6 Å². The fourth-order valence-electron chi connectivity index (χ4n) is 6.04. The van der Waals surface area contributed by atoms with Gasteiger partial charge in [0.15, 0.2) is 0 Å². The number of alkyl halides is 3. The molecule has 1 aromatic heterocycles. The van der Waals surface area contributed by atoms with Crippen molar-refractivity contribution < 1.29 is 47.0 Å². The van der Waals surface area contributed by atoms with Crippen LogP contribution in [0.15, 0.2) is 72.9 Å². The first-order valence-corrected chi connectivity index (χ1v) is 17.6. The van der Waals surface area contributed by atoms with E-state index in [4.69, 9.17) is 20.4 Å². The number of carbonyl (C=O) groups is 5. The van der Waals surface area contributed by atoms with Crippen molar-refractivity contribution in [3.63, 3.8) is 0 Å². The third-order valence-electron chi connectivity index (χ3n) is 9.33. The molecule has 1 aliphatic heterocycles. The number of benzene rings is 3. The quantitative estimate of drug-likeness (QED) is 0.134. The van der Waals surface area contributed by atoms with E-state index < -0.39 is 60.1 Å². The number of nitrogens with zero attached hydrogens (tertiary/aromatic N) is 4. The number of primary amides is 1. The molecule has 3 aromatic carbocycles. The van der Waals surface area contributed by atoms with Gasteiger partial charge in [-0.25, -0.2) is 9.48 Å². The Morgan fingerprint density at radius 2 is 1.62 bits per heavy atom. The monoisotopic (exact) mass is 782 g/mol. The minimum Gasteiger partial charge on any atom is -0.497 e. The van der Waals surface area contributed by atoms with Gasteiger partial charge in [-0.2, -0.15) is 13.2 Å². The van der Waals surface area contributed by atoms with Gasteiger partial charge in [0, 0.05) is 24.9 Å². The van der Waals surface area contributed by atoms with Gasteiger partial charge in [0.2, 0.25) is 23.6 Å². The number of likely N-dealkylation sites (N-methyl/N-ethyl adjacent to an activating group) is 1. The highest BCUT2D eigenvalue weighted by molar-refractivity contribution is 5.95. The summed E-state index contributed by atoms with van der Waals surface area (Å²) < 4.78 is 38.7. The van der Waals surface area contributed by atoms with E-state index >= 15 is 0 Å². The Balaban J connectivity index is 0.000000908. The van der Waals surface area contributed by atoms with Crippen LogP contribution < -0.4 is 26.4 Å². The number of rotatable bonds is 13. The normalized spacial score (nSPS) is 17.0. The standard InChI is InChI=1S/C36H44N8O5.C2HF3O2/c1-21(2)32(40-34(46)22(3)38-4)36(48)43-19-27(18-31(43)35(47)39-29(33(37)45)15-23-9-7-6-8-10-23)44-20-30(41-42-44)26-12-11-25-17-28(49-5)14-13-24(25)16-26;3-2(4,5)1(6)7/h6-14,16-17,20-22,27,29,31-32,38H,15,18-19H2,1-5H3,(H2,37,45)(H,39,47)(H,40,46);(H,6,7)/t22-,27+,29-,31-,32-;/m0./s1. The molecule has 5 atom stereocenters. The number of fused-ring (bicyclic) bond motifs is 1. The fourth-order valence-corrected chi connectivity index (χ4v) is 6.04. The van der Waals surface area contributed by atoms with E-state index in [9.17, 15) is 32.3 Å². The molecule has 1 fully saturated rings. The lowest BCUT2D eigenvalue weighted by Crippen LogP contribution is -2.58. The zero-order chi connectivity index (χ0) is 41.3. The molecule has 1 aliphatic rings. The first-order chi connectivity index (χ1) is 26.4. The van der Waals surface area contributed by atoms with Crippen LogP contribution in [0, 0.1) is 5.92 Å². The van der Waals surface area contributed by atoms with Gasteiger partial charge in [-0.05, 0) is 54.4 Å². The van der Waals surface area contributed by atoms with Crippen molar-refractivity contribution in [2.24, 2.45) is 11.7 Å². The number of hydrogen-bond acceptors (Lipinski definition) is 9. The van der Waals surface area contributed by atoms with Gasteiger partial charge < -0.3 is 36.4 Å². The van der Waals surface area contributed by atoms with Crippen molar-refractivity contribution >= 4 is 40.4 Å². The van der Waals surface area contributed by atoms with Crippen molar-refractivity contribution in [3.05, 3.63) is 78.5 Å². The van der Waals surface area contributed by atoms with Crippen molar-refractivity contribution in [2.45, 2.75) is 70.0 Å². The summed E-state index contributed by atoms with van der Waals surface area (Å²) in [5.74, 6) is -4.21. The molecule has 0 unspecified atom stereocenters. The van der Waals surface area contributed by atoms with Crippen molar-refractivity contribution in [1.29, 1.82) is 0 Å². The van der Waals surface area contributed by atoms with E-state index in [0.29, 0.717) is 5.69 Å². The molecule has 6 N–H and O–H groups in total. The Hall–Kier alpha value is -6.04. The molecule has 4 aromatic rings. The van der Waals surface area contributed by atoms with Gasteiger partial charge in [-0.15, -0.1) is 5.10 Å². The first kappa shape index (κ1) is 42.7. The molecule has 0 radical (unpaired) electrons. The van der Waals surface area contributed by atoms with E-state index in [1.54, 1.807) is 32.0 Å². The molecule has 0 saturated carbocycles. The number of halogens is 3. The molecule has 56 heavy (non-hydrogen) atoms. The number of carboxylic acids is 1. The highest BCUT2D eigenvalue weighted by Crippen LogP contribution is 2.31. The zero-order valence-corrected chi connectivity index (χ0v) is 31.4. The van der Waals surface area contributed by atoms with E-state index in [-0.39, 0.29) is 31.2 Å². The molecule has 4 amide bonds. The predicted octanol–water partition coefficient (Wildman–Crippen LogP) is 2.84. The van der Waals surface area contributed by atoms with Gasteiger partial charge in [-0.3, -0.25) is 19.2 Å². The molecule has 1 saturated heterocycles. The lowest BCUT2D eigenvalue weighted by molar-refractivity contribution is -0.192. The fraction of sp³-hybridized carbons (Fsp3) is 0.395. The molecule has 15 nitrogen and oxygen atoms in total. The summed E-state index contributed by atoms with van der Waals surface area (Å²) in [6.07, 6.45) is -2.87. The number of carboxylic acid groups (broad SMARTS) is 1. The first-order valence-electron chi connectivity index (χ1n) is 17.6. The summed E-state index contributed by atoms with van der Waals surface area (Å²) in [6, 6.07) is 17.2. The van der Waals surface area contributed by atoms with Crippen LogP contribution in [0.4, 0.5) is 13.2 Å². The van der Waals surface area contributed by atoms with Crippen molar-refractivity contribution in [1.82, 2.24) is 35.8 Å². The van der Waals surface area contributed by atoms with Gasteiger partial charge in [0.05, 0.1) is 25.4 Å². The van der Waals surface area contributed by atoms with Crippen LogP contribution in [0.25, 0.3) is 22.0 Å². The number of amides is 4. The van der Waals surface area contributed by atoms with Crippen LogP contribution >= 0.6 is 0 Å².